The van der Waals surface area contributed by atoms with Gasteiger partial charge in [-0.2, -0.15) is 5.26 Å². The molecule has 0 unspecified atom stereocenters. The van der Waals surface area contributed by atoms with Gasteiger partial charge in [0.15, 0.2) is 0 Å². The van der Waals surface area contributed by atoms with Crippen LogP contribution in [0.25, 0.3) is 0 Å². The highest BCUT2D eigenvalue weighted by Gasteiger charge is 2.01. The third kappa shape index (κ3) is 2.19. The van der Waals surface area contributed by atoms with Crippen molar-refractivity contribution in [3.8, 4) is 6.07 Å². The van der Waals surface area contributed by atoms with E-state index in [0.29, 0.717) is 5.92 Å². The van der Waals surface area contributed by atoms with Crippen LogP contribution in [0.1, 0.15) is 25.3 Å². The van der Waals surface area contributed by atoms with Crippen LogP contribution in [0.5, 0.6) is 0 Å². The SMILES string of the molecule is CC(C)c1ccc(=O)n(CC#N)c1. The highest BCUT2D eigenvalue weighted by Crippen LogP contribution is 2.10. The Morgan fingerprint density at radius 2 is 2.23 bits per heavy atom. The monoisotopic (exact) mass is 176 g/mol. The molecule has 0 aliphatic rings. The first-order chi connectivity index (χ1) is 6.15. The molecule has 0 radical (unpaired) electrons. The lowest BCUT2D eigenvalue weighted by Crippen LogP contribution is -2.18. The Morgan fingerprint density at radius 3 is 2.77 bits per heavy atom. The van der Waals surface area contributed by atoms with E-state index >= 15 is 0 Å². The minimum absolute atomic E-state index is 0.119. The summed E-state index contributed by atoms with van der Waals surface area (Å²) in [5.74, 6) is 0.380. The van der Waals surface area contributed by atoms with E-state index in [2.05, 4.69) is 13.8 Å². The maximum atomic E-state index is 11.2. The van der Waals surface area contributed by atoms with Gasteiger partial charge in [-0.05, 0) is 11.5 Å². The third-order valence-electron chi connectivity index (χ3n) is 1.91. The quantitative estimate of drug-likeness (QED) is 0.685. The molecule has 0 N–H and O–H groups in total. The van der Waals surface area contributed by atoms with Crippen molar-refractivity contribution in [2.45, 2.75) is 26.3 Å². The molecule has 0 amide bonds. The van der Waals surface area contributed by atoms with E-state index in [4.69, 9.17) is 5.26 Å². The van der Waals surface area contributed by atoms with Crippen LogP contribution in [0.2, 0.25) is 0 Å². The number of hydrogen-bond acceptors (Lipinski definition) is 2. The first-order valence-electron chi connectivity index (χ1n) is 4.22. The minimum atomic E-state index is -0.119. The smallest absolute Gasteiger partial charge is 0.251 e. The first kappa shape index (κ1) is 9.53. The Bertz CT molecular complexity index is 385. The fraction of sp³-hybridized carbons (Fsp3) is 0.400. The molecule has 3 heteroatoms. The van der Waals surface area contributed by atoms with E-state index in [1.54, 1.807) is 12.3 Å². The van der Waals surface area contributed by atoms with E-state index in [9.17, 15) is 4.79 Å². The Kier molecular flexibility index (Phi) is 2.86. The predicted molar refractivity (Wildman–Crippen MR) is 50.4 cm³/mol. The molecule has 0 bridgehead atoms. The molecule has 0 saturated heterocycles. The van der Waals surface area contributed by atoms with Crippen molar-refractivity contribution < 1.29 is 0 Å². The van der Waals surface area contributed by atoms with Gasteiger partial charge in [-0.25, -0.2) is 0 Å². The van der Waals surface area contributed by atoms with Crippen molar-refractivity contribution in [1.29, 1.82) is 5.26 Å². The van der Waals surface area contributed by atoms with Gasteiger partial charge in [-0.15, -0.1) is 0 Å². The fourth-order valence-corrected chi connectivity index (χ4v) is 1.09. The first-order valence-corrected chi connectivity index (χ1v) is 4.22. The van der Waals surface area contributed by atoms with Crippen LogP contribution in [0.15, 0.2) is 23.1 Å². The van der Waals surface area contributed by atoms with E-state index in [0.717, 1.165) is 5.56 Å². The van der Waals surface area contributed by atoms with Crippen LogP contribution in [-0.4, -0.2) is 4.57 Å². The number of hydrogen-bond donors (Lipinski definition) is 0. The average molecular weight is 176 g/mol. The maximum absolute atomic E-state index is 11.2. The predicted octanol–water partition coefficient (Wildman–Crippen LogP) is 1.50. The summed E-state index contributed by atoms with van der Waals surface area (Å²) in [5, 5.41) is 8.46. The number of aromatic nitrogens is 1. The number of nitrogens with zero attached hydrogens (tertiary/aromatic N) is 2. The second kappa shape index (κ2) is 3.90. The molecule has 3 nitrogen and oxygen atoms in total. The summed E-state index contributed by atoms with van der Waals surface area (Å²) < 4.78 is 1.43. The summed E-state index contributed by atoms with van der Waals surface area (Å²) in [6.45, 7) is 4.23. The molecule has 0 spiro atoms. The number of nitriles is 1. The summed E-state index contributed by atoms with van der Waals surface area (Å²) in [7, 11) is 0. The Balaban J connectivity index is 3.13. The van der Waals surface area contributed by atoms with E-state index in [-0.39, 0.29) is 12.1 Å². The Hall–Kier alpha value is -1.56. The summed E-state index contributed by atoms with van der Waals surface area (Å²) in [5.41, 5.74) is 0.959. The Labute approximate surface area is 77.2 Å². The zero-order valence-electron chi connectivity index (χ0n) is 7.82. The van der Waals surface area contributed by atoms with E-state index in [1.165, 1.54) is 10.6 Å². The van der Waals surface area contributed by atoms with Crippen LogP contribution >= 0.6 is 0 Å². The van der Waals surface area contributed by atoms with Crippen molar-refractivity contribution in [1.82, 2.24) is 4.57 Å². The molecule has 0 aliphatic heterocycles. The largest absolute Gasteiger partial charge is 0.301 e. The molecule has 0 aromatic carbocycles. The lowest BCUT2D eigenvalue weighted by molar-refractivity contribution is 0.753. The van der Waals surface area contributed by atoms with Gasteiger partial charge in [0.05, 0.1) is 6.07 Å². The summed E-state index contributed by atoms with van der Waals surface area (Å²) >= 11 is 0. The molecule has 0 aliphatic carbocycles. The lowest BCUT2D eigenvalue weighted by atomic mass is 10.1. The molecule has 0 fully saturated rings. The third-order valence-corrected chi connectivity index (χ3v) is 1.91. The Morgan fingerprint density at radius 1 is 1.54 bits per heavy atom. The van der Waals surface area contributed by atoms with Crippen molar-refractivity contribution >= 4 is 0 Å². The van der Waals surface area contributed by atoms with Gasteiger partial charge < -0.3 is 4.57 Å². The standard InChI is InChI=1S/C10H12N2O/c1-8(2)9-3-4-10(13)12(7-9)6-5-11/h3-4,7-8H,6H2,1-2H3. The van der Waals surface area contributed by atoms with Crippen LogP contribution < -0.4 is 5.56 Å². The molecule has 1 aromatic rings. The minimum Gasteiger partial charge on any atom is -0.301 e. The average Bonchev–Trinajstić information content (AvgIpc) is 2.08. The van der Waals surface area contributed by atoms with Gasteiger partial charge in [0.25, 0.3) is 5.56 Å². The zero-order valence-corrected chi connectivity index (χ0v) is 7.82. The van der Waals surface area contributed by atoms with Gasteiger partial charge in [-0.3, -0.25) is 4.79 Å². The van der Waals surface area contributed by atoms with Crippen molar-refractivity contribution in [3.05, 3.63) is 34.2 Å². The molecular weight excluding hydrogens is 164 g/mol. The fourth-order valence-electron chi connectivity index (χ4n) is 1.09. The second-order valence-corrected chi connectivity index (χ2v) is 3.24. The molecule has 0 saturated carbocycles. The normalized spacial score (nSPS) is 10.0. The molecule has 68 valence electrons. The molecule has 0 atom stereocenters. The molecular formula is C10H12N2O. The van der Waals surface area contributed by atoms with Gasteiger partial charge in [0.2, 0.25) is 0 Å². The van der Waals surface area contributed by atoms with Crippen LogP contribution in [-0.2, 0) is 6.54 Å². The van der Waals surface area contributed by atoms with Crippen LogP contribution in [0.3, 0.4) is 0 Å². The van der Waals surface area contributed by atoms with Crippen molar-refractivity contribution in [2.75, 3.05) is 0 Å². The van der Waals surface area contributed by atoms with E-state index in [1.807, 2.05) is 6.07 Å². The lowest BCUT2D eigenvalue weighted by Gasteiger charge is -2.07. The van der Waals surface area contributed by atoms with Gasteiger partial charge in [-0.1, -0.05) is 19.9 Å². The van der Waals surface area contributed by atoms with E-state index < -0.39 is 0 Å². The number of rotatable bonds is 2. The topological polar surface area (TPSA) is 45.8 Å². The van der Waals surface area contributed by atoms with Crippen molar-refractivity contribution in [3.63, 3.8) is 0 Å². The summed E-state index contributed by atoms with van der Waals surface area (Å²) in [6.07, 6.45) is 1.75. The van der Waals surface area contributed by atoms with Crippen LogP contribution in [0, 0.1) is 11.3 Å². The maximum Gasteiger partial charge on any atom is 0.251 e. The highest BCUT2D eigenvalue weighted by molar-refractivity contribution is 5.14. The molecule has 1 heterocycles. The van der Waals surface area contributed by atoms with Crippen LogP contribution in [0.4, 0.5) is 0 Å². The second-order valence-electron chi connectivity index (χ2n) is 3.24. The van der Waals surface area contributed by atoms with Gasteiger partial charge >= 0.3 is 0 Å². The van der Waals surface area contributed by atoms with Crippen molar-refractivity contribution in [2.24, 2.45) is 0 Å². The van der Waals surface area contributed by atoms with Gasteiger partial charge in [0, 0.05) is 12.3 Å². The molecule has 13 heavy (non-hydrogen) atoms. The number of pyridine rings is 1. The molecule has 1 aromatic heterocycles. The summed E-state index contributed by atoms with van der Waals surface area (Å²) in [4.78, 5) is 11.2. The molecule has 1 rings (SSSR count). The highest BCUT2D eigenvalue weighted by atomic mass is 16.1. The zero-order chi connectivity index (χ0) is 9.84. The summed E-state index contributed by atoms with van der Waals surface area (Å²) in [6, 6.07) is 5.27. The van der Waals surface area contributed by atoms with Gasteiger partial charge in [0.1, 0.15) is 6.54 Å².